The number of aromatic nitrogens is 4. The van der Waals surface area contributed by atoms with Crippen molar-refractivity contribution in [1.29, 1.82) is 0 Å². The number of amides is 2. The first-order chi connectivity index (χ1) is 16.9. The van der Waals surface area contributed by atoms with Gasteiger partial charge >= 0.3 is 0 Å². The molecule has 2 aromatic heterocycles. The van der Waals surface area contributed by atoms with Gasteiger partial charge in [-0.1, -0.05) is 24.1 Å². The normalized spacial score (nSPS) is 23.5. The van der Waals surface area contributed by atoms with E-state index in [1.165, 1.54) is 10.9 Å². The molecule has 1 aromatic carbocycles. The Hall–Kier alpha value is -4.05. The lowest BCUT2D eigenvalue weighted by molar-refractivity contribution is -0.137. The number of nitrogen functional groups attached to an aromatic ring is 1. The molecule has 6 N–H and O–H groups in total. The van der Waals surface area contributed by atoms with Crippen LogP contribution in [0.5, 0.6) is 0 Å². The van der Waals surface area contributed by atoms with Gasteiger partial charge in [-0.05, 0) is 30.9 Å². The molecule has 35 heavy (non-hydrogen) atoms. The summed E-state index contributed by atoms with van der Waals surface area (Å²) in [6.07, 6.45) is -2.09. The number of fused-ring (bicyclic) bond motifs is 1. The Morgan fingerprint density at radius 2 is 1.94 bits per heavy atom. The lowest BCUT2D eigenvalue weighted by atomic mass is 10.1. The zero-order chi connectivity index (χ0) is 24.5. The Morgan fingerprint density at radius 3 is 2.69 bits per heavy atom. The second-order valence-corrected chi connectivity index (χ2v) is 8.32. The summed E-state index contributed by atoms with van der Waals surface area (Å²) in [5, 5.41) is 26.4. The van der Waals surface area contributed by atoms with E-state index in [1.807, 2.05) is 6.07 Å². The van der Waals surface area contributed by atoms with Gasteiger partial charge in [-0.3, -0.25) is 14.2 Å². The van der Waals surface area contributed by atoms with Crippen molar-refractivity contribution < 1.29 is 24.5 Å². The van der Waals surface area contributed by atoms with Crippen molar-refractivity contribution in [2.75, 3.05) is 12.3 Å². The Kier molecular flexibility index (Phi) is 6.04. The monoisotopic (exact) mass is 477 g/mol. The molecule has 0 radical (unpaired) electrons. The van der Waals surface area contributed by atoms with Crippen molar-refractivity contribution >= 4 is 28.8 Å². The number of aliphatic hydroxyl groups is 2. The van der Waals surface area contributed by atoms with Crippen LogP contribution in [-0.4, -0.2) is 72.4 Å². The van der Waals surface area contributed by atoms with E-state index in [2.05, 4.69) is 37.4 Å². The van der Waals surface area contributed by atoms with Crippen LogP contribution in [0.3, 0.4) is 0 Å². The van der Waals surface area contributed by atoms with Crippen molar-refractivity contribution in [3.05, 3.63) is 48.0 Å². The van der Waals surface area contributed by atoms with Crippen LogP contribution in [0.1, 0.15) is 35.3 Å². The summed E-state index contributed by atoms with van der Waals surface area (Å²) >= 11 is 0. The number of nitrogens with two attached hydrogens (primary N) is 1. The molecule has 0 spiro atoms. The standard InChI is InChI=1S/C23H23N7O5/c24-19-15-20(29-14(28-19)7-4-10-25-21(33)12-5-2-1-3-6-12)30(11-26-15)23-17(32)16(31)18(35-23)22(34)27-13-8-9-13/h1-3,5-6,11,13,16-18,23,31-32H,8-10H2,(H,25,33)(H,27,34)(H2,24,28,29)/t16-,17+,18-,23+/m0/s1. The van der Waals surface area contributed by atoms with Crippen molar-refractivity contribution in [2.24, 2.45) is 0 Å². The van der Waals surface area contributed by atoms with E-state index in [0.717, 1.165) is 12.8 Å². The van der Waals surface area contributed by atoms with Crippen LogP contribution in [0.4, 0.5) is 5.82 Å². The number of benzene rings is 1. The molecule has 1 aliphatic carbocycles. The quantitative estimate of drug-likeness (QED) is 0.291. The minimum atomic E-state index is -1.43. The molecule has 180 valence electrons. The van der Waals surface area contributed by atoms with Crippen LogP contribution in [0.15, 0.2) is 36.7 Å². The third kappa shape index (κ3) is 4.65. The predicted octanol–water partition coefficient (Wildman–Crippen LogP) is -0.912. The molecule has 0 bridgehead atoms. The number of hydrogen-bond donors (Lipinski definition) is 5. The number of ether oxygens (including phenoxy) is 1. The number of rotatable bonds is 5. The molecule has 2 fully saturated rings. The summed E-state index contributed by atoms with van der Waals surface area (Å²) < 4.78 is 7.08. The third-order valence-electron chi connectivity index (χ3n) is 5.72. The summed E-state index contributed by atoms with van der Waals surface area (Å²) in [5.74, 6) is 4.90. The molecule has 3 heterocycles. The van der Waals surface area contributed by atoms with Gasteiger partial charge in [-0.2, -0.15) is 0 Å². The summed E-state index contributed by atoms with van der Waals surface area (Å²) in [5.41, 5.74) is 7.00. The molecule has 3 aromatic rings. The summed E-state index contributed by atoms with van der Waals surface area (Å²) in [6, 6.07) is 8.81. The fourth-order valence-electron chi connectivity index (χ4n) is 3.74. The van der Waals surface area contributed by atoms with Gasteiger partial charge in [-0.15, -0.1) is 0 Å². The number of carbonyl (C=O) groups is 2. The topological polar surface area (TPSA) is 178 Å². The van der Waals surface area contributed by atoms with Gasteiger partial charge in [0.05, 0.1) is 12.9 Å². The van der Waals surface area contributed by atoms with E-state index in [-0.39, 0.29) is 41.3 Å². The maximum atomic E-state index is 12.4. The number of hydrogen-bond acceptors (Lipinski definition) is 9. The first kappa shape index (κ1) is 22.7. The van der Waals surface area contributed by atoms with Crippen LogP contribution in [0, 0.1) is 11.8 Å². The van der Waals surface area contributed by atoms with Crippen LogP contribution < -0.4 is 16.4 Å². The molecule has 2 amide bonds. The zero-order valence-corrected chi connectivity index (χ0v) is 18.5. The van der Waals surface area contributed by atoms with Gasteiger partial charge in [0.1, 0.15) is 17.7 Å². The maximum Gasteiger partial charge on any atom is 0.252 e. The molecule has 1 saturated heterocycles. The first-order valence-electron chi connectivity index (χ1n) is 11.1. The second-order valence-electron chi connectivity index (χ2n) is 8.32. The lowest BCUT2D eigenvalue weighted by Crippen LogP contribution is -2.43. The van der Waals surface area contributed by atoms with Gasteiger partial charge in [0.15, 0.2) is 23.8 Å². The summed E-state index contributed by atoms with van der Waals surface area (Å²) in [6.45, 7) is 0.0583. The zero-order valence-electron chi connectivity index (χ0n) is 18.5. The van der Waals surface area contributed by atoms with Crippen LogP contribution >= 0.6 is 0 Å². The molecule has 1 aliphatic heterocycles. The van der Waals surface area contributed by atoms with Crippen LogP contribution in [0.25, 0.3) is 11.2 Å². The molecular formula is C23H23N7O5. The molecular weight excluding hydrogens is 454 g/mol. The minimum Gasteiger partial charge on any atom is -0.387 e. The van der Waals surface area contributed by atoms with E-state index >= 15 is 0 Å². The highest BCUT2D eigenvalue weighted by molar-refractivity contribution is 5.94. The fourth-order valence-corrected chi connectivity index (χ4v) is 3.74. The third-order valence-corrected chi connectivity index (χ3v) is 5.72. The average molecular weight is 477 g/mol. The van der Waals surface area contributed by atoms with Gasteiger partial charge < -0.3 is 31.3 Å². The van der Waals surface area contributed by atoms with Gasteiger partial charge in [0.2, 0.25) is 5.82 Å². The van der Waals surface area contributed by atoms with Crippen LogP contribution in [0.2, 0.25) is 0 Å². The highest BCUT2D eigenvalue weighted by atomic mass is 16.6. The van der Waals surface area contributed by atoms with E-state index in [0.29, 0.717) is 5.56 Å². The molecule has 0 unspecified atom stereocenters. The molecule has 5 rings (SSSR count). The number of nitrogens with one attached hydrogen (secondary N) is 2. The van der Waals surface area contributed by atoms with Crippen molar-refractivity contribution in [3.63, 3.8) is 0 Å². The first-order valence-corrected chi connectivity index (χ1v) is 11.1. The van der Waals surface area contributed by atoms with Crippen molar-refractivity contribution in [1.82, 2.24) is 30.2 Å². The second kappa shape index (κ2) is 9.30. The Morgan fingerprint density at radius 1 is 1.17 bits per heavy atom. The maximum absolute atomic E-state index is 12.4. The average Bonchev–Trinajstić information content (AvgIpc) is 3.49. The smallest absolute Gasteiger partial charge is 0.252 e. The van der Waals surface area contributed by atoms with E-state index in [9.17, 15) is 19.8 Å². The summed E-state index contributed by atoms with van der Waals surface area (Å²) in [4.78, 5) is 37.2. The number of carbonyl (C=O) groups excluding carboxylic acids is 2. The largest absolute Gasteiger partial charge is 0.387 e. The van der Waals surface area contributed by atoms with E-state index in [1.54, 1.807) is 24.3 Å². The highest BCUT2D eigenvalue weighted by Gasteiger charge is 2.48. The Labute approximate surface area is 199 Å². The molecule has 12 nitrogen and oxygen atoms in total. The molecule has 2 aliphatic rings. The number of aliphatic hydroxyl groups excluding tert-OH is 2. The number of anilines is 1. The van der Waals surface area contributed by atoms with Gasteiger partial charge in [-0.25, -0.2) is 15.0 Å². The van der Waals surface area contributed by atoms with Crippen molar-refractivity contribution in [2.45, 2.75) is 43.4 Å². The van der Waals surface area contributed by atoms with Crippen molar-refractivity contribution in [3.8, 4) is 11.8 Å². The lowest BCUT2D eigenvalue weighted by Gasteiger charge is -2.16. The fraction of sp³-hybridized carbons (Fsp3) is 0.348. The van der Waals surface area contributed by atoms with Crippen LogP contribution in [-0.2, 0) is 9.53 Å². The predicted molar refractivity (Wildman–Crippen MR) is 122 cm³/mol. The molecule has 12 heteroatoms. The van der Waals surface area contributed by atoms with E-state index in [4.69, 9.17) is 10.5 Å². The Bertz CT molecular complexity index is 1330. The highest BCUT2D eigenvalue weighted by Crippen LogP contribution is 2.33. The summed E-state index contributed by atoms with van der Waals surface area (Å²) in [7, 11) is 0. The number of nitrogens with zero attached hydrogens (tertiary/aromatic N) is 4. The Balaban J connectivity index is 1.33. The van der Waals surface area contributed by atoms with E-state index < -0.39 is 30.4 Å². The molecule has 4 atom stereocenters. The van der Waals surface area contributed by atoms with Gasteiger partial charge in [0.25, 0.3) is 11.8 Å². The number of imidazole rings is 1. The SMILES string of the molecule is Nc1nc(C#CCNC(=O)c2ccccc2)nc2c1ncn2[C@@H]1O[C@H](C(=O)NC2CC2)[C@@H](O)[C@H]1O. The minimum absolute atomic E-state index is 0.0578. The molecule has 1 saturated carbocycles. The van der Waals surface area contributed by atoms with Gasteiger partial charge in [0, 0.05) is 11.6 Å².